The lowest BCUT2D eigenvalue weighted by molar-refractivity contribution is -0.137. The fraction of sp³-hybridized carbons (Fsp3) is 0.571. The van der Waals surface area contributed by atoms with E-state index in [9.17, 15) is 21.6 Å². The normalized spacial score (nSPS) is 25.2. The van der Waals surface area contributed by atoms with Gasteiger partial charge in [0.25, 0.3) is 0 Å². The first-order chi connectivity index (χ1) is 10.7. The van der Waals surface area contributed by atoms with Gasteiger partial charge in [0, 0.05) is 25.2 Å². The third-order valence-corrected chi connectivity index (χ3v) is 6.71. The van der Waals surface area contributed by atoms with Gasteiger partial charge in [-0.15, -0.1) is 12.4 Å². The Labute approximate surface area is 149 Å². The van der Waals surface area contributed by atoms with E-state index >= 15 is 0 Å². The van der Waals surface area contributed by atoms with Gasteiger partial charge in [-0.25, -0.2) is 8.42 Å². The van der Waals surface area contributed by atoms with Crippen LogP contribution in [0, 0.1) is 0 Å². The maximum Gasteiger partial charge on any atom is 0.416 e. The molecule has 3 rings (SSSR count). The van der Waals surface area contributed by atoms with Gasteiger partial charge >= 0.3 is 6.18 Å². The predicted octanol–water partition coefficient (Wildman–Crippen LogP) is 3.30. The average Bonchev–Trinajstić information content (AvgIpc) is 2.76. The molecule has 2 saturated heterocycles. The second kappa shape index (κ2) is 6.99. The predicted molar refractivity (Wildman–Crippen MR) is 87.0 cm³/mol. The van der Waals surface area contributed by atoms with Crippen LogP contribution in [0.5, 0.6) is 0 Å². The van der Waals surface area contributed by atoms with Crippen LogP contribution in [0.4, 0.5) is 13.2 Å². The minimum absolute atomic E-state index is 0. The second-order valence-corrected chi connectivity index (χ2v) is 8.25. The van der Waals surface area contributed by atoms with Gasteiger partial charge in [-0.3, -0.25) is 0 Å². The third kappa shape index (κ3) is 3.83. The smallest absolute Gasteiger partial charge is 0.310 e. The summed E-state index contributed by atoms with van der Waals surface area (Å²) in [6, 6.07) is 2.75. The van der Waals surface area contributed by atoms with E-state index in [1.54, 1.807) is 0 Å². The zero-order chi connectivity index (χ0) is 16.8. The van der Waals surface area contributed by atoms with E-state index in [-0.39, 0.29) is 23.3 Å². The van der Waals surface area contributed by atoms with Gasteiger partial charge in [-0.1, -0.05) is 11.6 Å². The molecule has 1 N–H and O–H groups in total. The van der Waals surface area contributed by atoms with Crippen LogP contribution in [0.15, 0.2) is 23.1 Å². The summed E-state index contributed by atoms with van der Waals surface area (Å²) >= 11 is 5.84. The van der Waals surface area contributed by atoms with Crippen LogP contribution < -0.4 is 5.32 Å². The molecule has 0 amide bonds. The minimum Gasteiger partial charge on any atom is -0.310 e. The van der Waals surface area contributed by atoms with Crippen LogP contribution in [0.3, 0.4) is 0 Å². The summed E-state index contributed by atoms with van der Waals surface area (Å²) < 4.78 is 64.8. The van der Waals surface area contributed by atoms with Crippen LogP contribution in [0.2, 0.25) is 5.02 Å². The molecular weight excluding hydrogens is 388 g/mol. The summed E-state index contributed by atoms with van der Waals surface area (Å²) in [5.41, 5.74) is -0.960. The summed E-state index contributed by atoms with van der Waals surface area (Å²) in [4.78, 5) is -0.273. The highest BCUT2D eigenvalue weighted by atomic mass is 35.5. The van der Waals surface area contributed by atoms with Gasteiger partial charge in [0.2, 0.25) is 10.0 Å². The summed E-state index contributed by atoms with van der Waals surface area (Å²) in [5.74, 6) is 0. The molecule has 0 aliphatic carbocycles. The van der Waals surface area contributed by atoms with E-state index < -0.39 is 26.8 Å². The average molecular weight is 405 g/mol. The molecular formula is C14H17Cl2F3N2O2S. The molecule has 2 atom stereocenters. The van der Waals surface area contributed by atoms with E-state index in [0.717, 1.165) is 25.0 Å². The number of nitrogens with zero attached hydrogens (tertiary/aromatic N) is 1. The van der Waals surface area contributed by atoms with Crippen molar-refractivity contribution < 1.29 is 21.6 Å². The molecule has 4 nitrogen and oxygen atoms in total. The van der Waals surface area contributed by atoms with Crippen LogP contribution in [-0.4, -0.2) is 37.9 Å². The monoisotopic (exact) mass is 404 g/mol. The highest BCUT2D eigenvalue weighted by Crippen LogP contribution is 2.35. The molecule has 0 radical (unpaired) electrons. The van der Waals surface area contributed by atoms with Crippen molar-refractivity contribution in [3.05, 3.63) is 28.8 Å². The molecule has 10 heteroatoms. The number of fused-ring (bicyclic) bond motifs is 2. The zero-order valence-corrected chi connectivity index (χ0v) is 14.9. The van der Waals surface area contributed by atoms with Crippen molar-refractivity contribution in [2.75, 3.05) is 13.1 Å². The highest BCUT2D eigenvalue weighted by molar-refractivity contribution is 7.89. The Kier molecular flexibility index (Phi) is 5.76. The number of benzene rings is 1. The van der Waals surface area contributed by atoms with Gasteiger partial charge in [0.15, 0.2) is 0 Å². The molecule has 2 aliphatic rings. The van der Waals surface area contributed by atoms with Crippen molar-refractivity contribution in [1.29, 1.82) is 0 Å². The Morgan fingerprint density at radius 3 is 2.46 bits per heavy atom. The van der Waals surface area contributed by atoms with Crippen molar-refractivity contribution in [3.63, 3.8) is 0 Å². The van der Waals surface area contributed by atoms with Gasteiger partial charge < -0.3 is 5.32 Å². The molecule has 1 aromatic carbocycles. The largest absolute Gasteiger partial charge is 0.416 e. The van der Waals surface area contributed by atoms with Crippen LogP contribution in [-0.2, 0) is 16.2 Å². The number of hydrogen-bond donors (Lipinski definition) is 1. The standard InChI is InChI=1S/C14H16ClF3N2O2S.ClH/c15-12-7-9(14(16,17)18)1-4-13(12)23(21,22)20-6-5-10-2-3-11(8-20)19-10;/h1,4,7,10-11,19H,2-3,5-6,8H2;1H. The molecule has 2 bridgehead atoms. The zero-order valence-electron chi connectivity index (χ0n) is 12.5. The quantitative estimate of drug-likeness (QED) is 0.822. The van der Waals surface area contributed by atoms with Crippen LogP contribution >= 0.6 is 24.0 Å². The Hall–Kier alpha value is -0.540. The SMILES string of the molecule is Cl.O=S(=O)(c1ccc(C(F)(F)F)cc1Cl)N1CCC2CCC(C1)N2. The van der Waals surface area contributed by atoms with Crippen molar-refractivity contribution >= 4 is 34.0 Å². The molecule has 2 unspecified atom stereocenters. The van der Waals surface area contributed by atoms with Gasteiger partial charge in [0.05, 0.1) is 10.6 Å². The Morgan fingerprint density at radius 2 is 1.83 bits per heavy atom. The maximum atomic E-state index is 12.7. The summed E-state index contributed by atoms with van der Waals surface area (Å²) in [7, 11) is -3.91. The lowest BCUT2D eigenvalue weighted by atomic mass is 10.1. The first kappa shape index (κ1) is 19.8. The Balaban J connectivity index is 0.00000208. The summed E-state index contributed by atoms with van der Waals surface area (Å²) in [6.07, 6.45) is -1.94. The molecule has 0 saturated carbocycles. The van der Waals surface area contributed by atoms with Crippen LogP contribution in [0.1, 0.15) is 24.8 Å². The molecule has 2 heterocycles. The second-order valence-electron chi connectivity index (χ2n) is 5.93. The molecule has 136 valence electrons. The van der Waals surface area contributed by atoms with E-state index in [0.29, 0.717) is 31.6 Å². The first-order valence-electron chi connectivity index (χ1n) is 7.31. The number of halogens is 5. The number of alkyl halides is 3. The van der Waals surface area contributed by atoms with E-state index in [1.807, 2.05) is 0 Å². The molecule has 2 fully saturated rings. The fourth-order valence-electron chi connectivity index (χ4n) is 3.15. The van der Waals surface area contributed by atoms with Crippen molar-refractivity contribution in [2.45, 2.75) is 42.4 Å². The lowest BCUT2D eigenvalue weighted by Gasteiger charge is -2.24. The molecule has 0 aromatic heterocycles. The number of rotatable bonds is 2. The lowest BCUT2D eigenvalue weighted by Crippen LogP contribution is -2.39. The maximum absolute atomic E-state index is 12.7. The van der Waals surface area contributed by atoms with E-state index in [1.165, 1.54) is 4.31 Å². The number of hydrogen-bond acceptors (Lipinski definition) is 3. The third-order valence-electron chi connectivity index (χ3n) is 4.36. The van der Waals surface area contributed by atoms with Gasteiger partial charge in [-0.05, 0) is 37.5 Å². The summed E-state index contributed by atoms with van der Waals surface area (Å²) in [6.45, 7) is 0.657. The Bertz CT molecular complexity index is 712. The molecule has 24 heavy (non-hydrogen) atoms. The Morgan fingerprint density at radius 1 is 1.17 bits per heavy atom. The van der Waals surface area contributed by atoms with Crippen molar-refractivity contribution in [1.82, 2.24) is 9.62 Å². The van der Waals surface area contributed by atoms with Gasteiger partial charge in [0.1, 0.15) is 4.90 Å². The summed E-state index contributed by atoms with van der Waals surface area (Å²) in [5, 5.41) is 2.96. The molecule has 2 aliphatic heterocycles. The molecule has 1 aromatic rings. The minimum atomic E-state index is -4.56. The number of nitrogens with one attached hydrogen (secondary N) is 1. The van der Waals surface area contributed by atoms with E-state index in [4.69, 9.17) is 11.6 Å². The van der Waals surface area contributed by atoms with Gasteiger partial charge in [-0.2, -0.15) is 17.5 Å². The topological polar surface area (TPSA) is 49.4 Å². The fourth-order valence-corrected chi connectivity index (χ4v) is 5.17. The van der Waals surface area contributed by atoms with Crippen LogP contribution in [0.25, 0.3) is 0 Å². The first-order valence-corrected chi connectivity index (χ1v) is 9.12. The number of sulfonamides is 1. The van der Waals surface area contributed by atoms with E-state index in [2.05, 4.69) is 5.32 Å². The highest BCUT2D eigenvalue weighted by Gasteiger charge is 2.37. The van der Waals surface area contributed by atoms with Crippen molar-refractivity contribution in [3.8, 4) is 0 Å². The van der Waals surface area contributed by atoms with Crippen molar-refractivity contribution in [2.24, 2.45) is 0 Å². The molecule has 0 spiro atoms.